The zero-order valence-electron chi connectivity index (χ0n) is 18.9. The maximum atomic E-state index is 13.3. The van der Waals surface area contributed by atoms with E-state index in [0.717, 1.165) is 27.6 Å². The molecule has 4 rings (SSSR count). The average Bonchev–Trinajstić information content (AvgIpc) is 3.15. The molecule has 0 saturated carbocycles. The molecule has 0 atom stereocenters. The molecule has 0 aliphatic carbocycles. The second kappa shape index (κ2) is 10.7. The fraction of sp³-hybridized carbons (Fsp3) is 0.320. The number of rotatable bonds is 7. The number of para-hydroxylation sites is 1. The van der Waals surface area contributed by atoms with Crippen LogP contribution in [0.2, 0.25) is 0 Å². The SMILES string of the molecule is Cc1noc(C)c1CSc1ccccc1C(=O)N1CCN(CC(=O)Nc2ccccc2)CC1. The molecule has 0 unspecified atom stereocenters. The Morgan fingerprint density at radius 3 is 2.39 bits per heavy atom. The van der Waals surface area contributed by atoms with Crippen molar-refractivity contribution in [2.45, 2.75) is 24.5 Å². The van der Waals surface area contributed by atoms with Crippen LogP contribution < -0.4 is 5.32 Å². The van der Waals surface area contributed by atoms with Crippen molar-refractivity contribution in [1.29, 1.82) is 0 Å². The molecule has 0 bridgehead atoms. The van der Waals surface area contributed by atoms with Crippen LogP contribution >= 0.6 is 11.8 Å². The van der Waals surface area contributed by atoms with Gasteiger partial charge in [-0.05, 0) is 38.1 Å². The summed E-state index contributed by atoms with van der Waals surface area (Å²) < 4.78 is 5.26. The summed E-state index contributed by atoms with van der Waals surface area (Å²) in [7, 11) is 0. The molecular formula is C25H28N4O3S. The van der Waals surface area contributed by atoms with E-state index in [9.17, 15) is 9.59 Å². The first kappa shape index (κ1) is 23.1. The Morgan fingerprint density at radius 2 is 1.70 bits per heavy atom. The summed E-state index contributed by atoms with van der Waals surface area (Å²) in [5.41, 5.74) is 3.47. The smallest absolute Gasteiger partial charge is 0.255 e. The number of hydrogen-bond donors (Lipinski definition) is 1. The third kappa shape index (κ3) is 5.83. The highest BCUT2D eigenvalue weighted by Crippen LogP contribution is 2.29. The second-order valence-electron chi connectivity index (χ2n) is 8.07. The molecule has 172 valence electrons. The van der Waals surface area contributed by atoms with E-state index in [1.54, 1.807) is 11.8 Å². The molecule has 0 spiro atoms. The van der Waals surface area contributed by atoms with E-state index in [0.29, 0.717) is 44.0 Å². The number of anilines is 1. The Hall–Kier alpha value is -3.10. The van der Waals surface area contributed by atoms with Crippen LogP contribution in [-0.4, -0.2) is 59.5 Å². The summed E-state index contributed by atoms with van der Waals surface area (Å²) in [5.74, 6) is 1.51. The number of amides is 2. The molecule has 2 heterocycles. The summed E-state index contributed by atoms with van der Waals surface area (Å²) in [5, 5.41) is 6.93. The highest BCUT2D eigenvalue weighted by Gasteiger charge is 2.25. The van der Waals surface area contributed by atoms with E-state index >= 15 is 0 Å². The zero-order chi connectivity index (χ0) is 23.2. The summed E-state index contributed by atoms with van der Waals surface area (Å²) in [6, 6.07) is 17.2. The molecule has 1 fully saturated rings. The van der Waals surface area contributed by atoms with Crippen molar-refractivity contribution in [3.8, 4) is 0 Å². The first-order valence-corrected chi connectivity index (χ1v) is 12.0. The molecule has 2 aromatic carbocycles. The van der Waals surface area contributed by atoms with Gasteiger partial charge in [-0.1, -0.05) is 35.5 Å². The van der Waals surface area contributed by atoms with Crippen LogP contribution in [0.15, 0.2) is 64.0 Å². The standard InChI is InChI=1S/C25H28N4O3S/c1-18-22(19(2)32-27-18)17-33-23-11-7-6-10-21(23)25(31)29-14-12-28(13-15-29)16-24(30)26-20-8-4-3-5-9-20/h3-11H,12-17H2,1-2H3,(H,26,30). The second-order valence-corrected chi connectivity index (χ2v) is 9.09. The van der Waals surface area contributed by atoms with Gasteiger partial charge in [0.15, 0.2) is 0 Å². The molecule has 2 amide bonds. The summed E-state index contributed by atoms with van der Waals surface area (Å²) in [4.78, 5) is 30.5. The van der Waals surface area contributed by atoms with E-state index in [1.807, 2.05) is 73.3 Å². The largest absolute Gasteiger partial charge is 0.361 e. The minimum Gasteiger partial charge on any atom is -0.361 e. The number of carbonyl (C=O) groups is 2. The Balaban J connectivity index is 1.32. The number of nitrogens with zero attached hydrogens (tertiary/aromatic N) is 3. The highest BCUT2D eigenvalue weighted by atomic mass is 32.2. The van der Waals surface area contributed by atoms with Gasteiger partial charge in [0.2, 0.25) is 5.91 Å². The normalized spacial score (nSPS) is 14.3. The predicted octanol–water partition coefficient (Wildman–Crippen LogP) is 3.98. The molecule has 33 heavy (non-hydrogen) atoms. The molecule has 0 radical (unpaired) electrons. The van der Waals surface area contributed by atoms with Crippen LogP contribution in [0, 0.1) is 13.8 Å². The number of piperazine rings is 1. The summed E-state index contributed by atoms with van der Waals surface area (Å²) in [6.07, 6.45) is 0. The van der Waals surface area contributed by atoms with Crippen LogP contribution in [0.1, 0.15) is 27.4 Å². The van der Waals surface area contributed by atoms with E-state index < -0.39 is 0 Å². The zero-order valence-corrected chi connectivity index (χ0v) is 19.7. The Bertz CT molecular complexity index is 1090. The summed E-state index contributed by atoms with van der Waals surface area (Å²) >= 11 is 1.62. The molecule has 1 aliphatic rings. The molecule has 1 saturated heterocycles. The van der Waals surface area contributed by atoms with Gasteiger partial charge in [0, 0.05) is 48.1 Å². The number of nitrogens with one attached hydrogen (secondary N) is 1. The topological polar surface area (TPSA) is 78.7 Å². The lowest BCUT2D eigenvalue weighted by Gasteiger charge is -2.34. The summed E-state index contributed by atoms with van der Waals surface area (Å²) in [6.45, 7) is 6.70. The van der Waals surface area contributed by atoms with Gasteiger partial charge in [0.1, 0.15) is 5.76 Å². The predicted molar refractivity (Wildman–Crippen MR) is 129 cm³/mol. The molecule has 3 aromatic rings. The van der Waals surface area contributed by atoms with Crippen LogP contribution in [0.3, 0.4) is 0 Å². The van der Waals surface area contributed by atoms with Crippen molar-refractivity contribution in [2.75, 3.05) is 38.0 Å². The van der Waals surface area contributed by atoms with Crippen molar-refractivity contribution >= 4 is 29.3 Å². The van der Waals surface area contributed by atoms with E-state index in [1.165, 1.54) is 0 Å². The van der Waals surface area contributed by atoms with Crippen LogP contribution in [0.25, 0.3) is 0 Å². The van der Waals surface area contributed by atoms with Gasteiger partial charge in [0.05, 0.1) is 17.8 Å². The van der Waals surface area contributed by atoms with Gasteiger partial charge in [-0.3, -0.25) is 14.5 Å². The van der Waals surface area contributed by atoms with Crippen LogP contribution in [0.4, 0.5) is 5.69 Å². The minimum atomic E-state index is -0.0398. The van der Waals surface area contributed by atoms with Crippen molar-refractivity contribution < 1.29 is 14.1 Å². The number of thioether (sulfide) groups is 1. The lowest BCUT2D eigenvalue weighted by atomic mass is 10.2. The molecule has 8 heteroatoms. The fourth-order valence-electron chi connectivity index (χ4n) is 3.83. The molecular weight excluding hydrogens is 436 g/mol. The van der Waals surface area contributed by atoms with Crippen molar-refractivity contribution in [1.82, 2.24) is 15.0 Å². The van der Waals surface area contributed by atoms with E-state index in [2.05, 4.69) is 15.4 Å². The number of carbonyl (C=O) groups excluding carboxylic acids is 2. The van der Waals surface area contributed by atoms with Crippen molar-refractivity contribution in [2.24, 2.45) is 0 Å². The quantitative estimate of drug-likeness (QED) is 0.533. The average molecular weight is 465 g/mol. The Morgan fingerprint density at radius 1 is 1.00 bits per heavy atom. The first-order chi connectivity index (χ1) is 16.0. The van der Waals surface area contributed by atoms with Gasteiger partial charge >= 0.3 is 0 Å². The van der Waals surface area contributed by atoms with E-state index in [-0.39, 0.29) is 11.8 Å². The number of benzene rings is 2. The monoisotopic (exact) mass is 464 g/mol. The third-order valence-corrected chi connectivity index (χ3v) is 6.85. The van der Waals surface area contributed by atoms with Crippen molar-refractivity contribution in [3.63, 3.8) is 0 Å². The molecule has 1 N–H and O–H groups in total. The maximum Gasteiger partial charge on any atom is 0.255 e. The van der Waals surface area contributed by atoms with Crippen LogP contribution in [-0.2, 0) is 10.5 Å². The maximum absolute atomic E-state index is 13.3. The third-order valence-electron chi connectivity index (χ3n) is 5.75. The highest BCUT2D eigenvalue weighted by molar-refractivity contribution is 7.98. The fourth-order valence-corrected chi connectivity index (χ4v) is 5.03. The minimum absolute atomic E-state index is 0.0326. The number of aromatic nitrogens is 1. The van der Waals surface area contributed by atoms with Gasteiger partial charge in [-0.25, -0.2) is 0 Å². The first-order valence-electron chi connectivity index (χ1n) is 11.0. The lowest BCUT2D eigenvalue weighted by Crippen LogP contribution is -2.50. The Kier molecular flexibility index (Phi) is 7.47. The van der Waals surface area contributed by atoms with Crippen molar-refractivity contribution in [3.05, 3.63) is 77.2 Å². The molecule has 1 aliphatic heterocycles. The number of aryl methyl sites for hydroxylation is 2. The van der Waals surface area contributed by atoms with Crippen LogP contribution in [0.5, 0.6) is 0 Å². The van der Waals surface area contributed by atoms with Gasteiger partial charge < -0.3 is 14.7 Å². The van der Waals surface area contributed by atoms with Gasteiger partial charge in [-0.15, -0.1) is 11.8 Å². The van der Waals surface area contributed by atoms with Gasteiger partial charge in [0.25, 0.3) is 5.91 Å². The number of hydrogen-bond acceptors (Lipinski definition) is 6. The lowest BCUT2D eigenvalue weighted by molar-refractivity contribution is -0.117. The molecule has 1 aromatic heterocycles. The Labute approximate surface area is 198 Å². The molecule has 7 nitrogen and oxygen atoms in total. The van der Waals surface area contributed by atoms with E-state index in [4.69, 9.17) is 4.52 Å². The van der Waals surface area contributed by atoms with Gasteiger partial charge in [-0.2, -0.15) is 0 Å².